The van der Waals surface area contributed by atoms with E-state index in [-0.39, 0.29) is 11.5 Å². The number of hydrogen-bond acceptors (Lipinski definition) is 4. The van der Waals surface area contributed by atoms with Crippen LogP contribution < -0.4 is 15.8 Å². The summed E-state index contributed by atoms with van der Waals surface area (Å²) in [5.41, 5.74) is 2.35. The van der Waals surface area contributed by atoms with Crippen molar-refractivity contribution < 1.29 is 4.79 Å². The van der Waals surface area contributed by atoms with Crippen molar-refractivity contribution in [3.05, 3.63) is 64.7 Å². The Bertz CT molecular complexity index is 916. The minimum Gasteiger partial charge on any atom is -0.356 e. The Kier molecular flexibility index (Phi) is 4.11. The van der Waals surface area contributed by atoms with Gasteiger partial charge in [0.05, 0.1) is 11.9 Å². The normalized spacial score (nSPS) is 21.0. The molecule has 6 nitrogen and oxygen atoms in total. The van der Waals surface area contributed by atoms with Crippen LogP contribution in [0.15, 0.2) is 53.5 Å². The lowest BCUT2D eigenvalue weighted by atomic mass is 9.83. The lowest BCUT2D eigenvalue weighted by molar-refractivity contribution is -0.112. The molecule has 2 aromatic rings. The molecule has 4 heterocycles. The first kappa shape index (κ1) is 16.6. The SMILES string of the molecule is C=C(C)C(=O)Nc1ccc(N2C[C@@H]3C[C@H](C2)c2cccc(=O)n2C3)nc1. The minimum atomic E-state index is -0.200. The largest absolute Gasteiger partial charge is 0.356 e. The second-order valence-electron chi connectivity index (χ2n) is 7.24. The summed E-state index contributed by atoms with van der Waals surface area (Å²) in [5.74, 6) is 1.50. The third-order valence-corrected chi connectivity index (χ3v) is 5.20. The molecule has 1 saturated heterocycles. The van der Waals surface area contributed by atoms with E-state index in [4.69, 9.17) is 0 Å². The van der Waals surface area contributed by atoms with Crippen molar-refractivity contribution in [3.63, 3.8) is 0 Å². The van der Waals surface area contributed by atoms with Gasteiger partial charge in [-0.25, -0.2) is 4.98 Å². The highest BCUT2D eigenvalue weighted by Crippen LogP contribution is 2.36. The van der Waals surface area contributed by atoms with Gasteiger partial charge in [0.15, 0.2) is 0 Å². The molecule has 134 valence electrons. The third-order valence-electron chi connectivity index (χ3n) is 5.20. The van der Waals surface area contributed by atoms with Gasteiger partial charge in [-0.15, -0.1) is 0 Å². The van der Waals surface area contributed by atoms with Gasteiger partial charge in [0.2, 0.25) is 0 Å². The first-order chi connectivity index (χ1) is 12.5. The number of carbonyl (C=O) groups is 1. The van der Waals surface area contributed by atoms with Crippen molar-refractivity contribution in [1.29, 1.82) is 0 Å². The first-order valence-electron chi connectivity index (χ1n) is 8.89. The van der Waals surface area contributed by atoms with Crippen molar-refractivity contribution in [3.8, 4) is 0 Å². The number of aromatic nitrogens is 2. The molecule has 1 fully saturated rings. The average molecular weight is 350 g/mol. The summed E-state index contributed by atoms with van der Waals surface area (Å²) in [7, 11) is 0. The van der Waals surface area contributed by atoms with Gasteiger partial charge in [-0.1, -0.05) is 12.6 Å². The number of piperidine rings is 1. The Morgan fingerprint density at radius 1 is 1.23 bits per heavy atom. The van der Waals surface area contributed by atoms with Gasteiger partial charge in [0, 0.05) is 42.9 Å². The predicted octanol–water partition coefficient (Wildman–Crippen LogP) is 2.38. The Labute approximate surface area is 152 Å². The highest BCUT2D eigenvalue weighted by Gasteiger charge is 2.34. The van der Waals surface area contributed by atoms with E-state index in [2.05, 4.69) is 27.8 Å². The van der Waals surface area contributed by atoms with E-state index in [1.165, 1.54) is 0 Å². The Balaban J connectivity index is 1.53. The van der Waals surface area contributed by atoms with Crippen LogP contribution >= 0.6 is 0 Å². The maximum atomic E-state index is 12.1. The molecule has 2 bridgehead atoms. The van der Waals surface area contributed by atoms with Crippen molar-refractivity contribution in [2.75, 3.05) is 23.3 Å². The van der Waals surface area contributed by atoms with Crippen LogP contribution in [0.5, 0.6) is 0 Å². The van der Waals surface area contributed by atoms with Gasteiger partial charge in [-0.3, -0.25) is 9.59 Å². The molecule has 2 aromatic heterocycles. The quantitative estimate of drug-likeness (QED) is 0.863. The van der Waals surface area contributed by atoms with E-state index in [1.807, 2.05) is 22.8 Å². The van der Waals surface area contributed by atoms with E-state index >= 15 is 0 Å². The molecule has 6 heteroatoms. The summed E-state index contributed by atoms with van der Waals surface area (Å²) in [6.07, 6.45) is 2.80. The molecule has 0 aromatic carbocycles. The molecular formula is C20H22N4O2. The lowest BCUT2D eigenvalue weighted by Crippen LogP contribution is -2.47. The minimum absolute atomic E-state index is 0.0985. The zero-order chi connectivity index (χ0) is 18.3. The molecule has 2 atom stereocenters. The molecule has 0 radical (unpaired) electrons. The fraction of sp³-hybridized carbons (Fsp3) is 0.350. The zero-order valence-electron chi connectivity index (χ0n) is 14.8. The van der Waals surface area contributed by atoms with Crippen LogP contribution in [0.2, 0.25) is 0 Å². The summed E-state index contributed by atoms with van der Waals surface area (Å²) in [6, 6.07) is 9.36. The maximum absolute atomic E-state index is 12.1. The van der Waals surface area contributed by atoms with Gasteiger partial charge < -0.3 is 14.8 Å². The van der Waals surface area contributed by atoms with Crippen LogP contribution in [0.1, 0.15) is 25.0 Å². The van der Waals surface area contributed by atoms with Gasteiger partial charge in [-0.2, -0.15) is 0 Å². The number of nitrogens with zero attached hydrogens (tertiary/aromatic N) is 3. The fourth-order valence-electron chi connectivity index (χ4n) is 3.97. The molecule has 1 N–H and O–H groups in total. The smallest absolute Gasteiger partial charge is 0.250 e. The monoisotopic (exact) mass is 350 g/mol. The van der Waals surface area contributed by atoms with E-state index in [0.717, 1.165) is 37.6 Å². The second kappa shape index (κ2) is 6.44. The molecule has 2 aliphatic rings. The molecule has 1 amide bonds. The van der Waals surface area contributed by atoms with Gasteiger partial charge in [0.25, 0.3) is 11.5 Å². The molecule has 2 aliphatic heterocycles. The predicted molar refractivity (Wildman–Crippen MR) is 101 cm³/mol. The zero-order valence-corrected chi connectivity index (χ0v) is 14.8. The van der Waals surface area contributed by atoms with Gasteiger partial charge in [-0.05, 0) is 37.5 Å². The molecule has 4 rings (SSSR count). The summed E-state index contributed by atoms with van der Waals surface area (Å²) < 4.78 is 1.93. The van der Waals surface area contributed by atoms with Crippen LogP contribution in [0.4, 0.5) is 11.5 Å². The van der Waals surface area contributed by atoms with Gasteiger partial charge in [0.1, 0.15) is 5.82 Å². The van der Waals surface area contributed by atoms with Crippen molar-refractivity contribution in [1.82, 2.24) is 9.55 Å². The van der Waals surface area contributed by atoms with E-state index in [0.29, 0.717) is 23.1 Å². The topological polar surface area (TPSA) is 67.2 Å². The molecule has 0 saturated carbocycles. The number of anilines is 2. The number of hydrogen-bond donors (Lipinski definition) is 1. The molecule has 26 heavy (non-hydrogen) atoms. The van der Waals surface area contributed by atoms with Gasteiger partial charge >= 0.3 is 0 Å². The number of nitrogens with one attached hydrogen (secondary N) is 1. The first-order valence-corrected chi connectivity index (χ1v) is 8.89. The second-order valence-corrected chi connectivity index (χ2v) is 7.24. The molecule has 0 aliphatic carbocycles. The number of amides is 1. The average Bonchev–Trinajstić information content (AvgIpc) is 2.63. The van der Waals surface area contributed by atoms with E-state index in [9.17, 15) is 9.59 Å². The number of rotatable bonds is 3. The van der Waals surface area contributed by atoms with Crippen LogP contribution in [0.3, 0.4) is 0 Å². The molecular weight excluding hydrogens is 328 g/mol. The highest BCUT2D eigenvalue weighted by atomic mass is 16.1. The Morgan fingerprint density at radius 3 is 2.81 bits per heavy atom. The Morgan fingerprint density at radius 2 is 2.08 bits per heavy atom. The summed E-state index contributed by atoms with van der Waals surface area (Å²) in [4.78, 5) is 30.6. The standard InChI is InChI=1S/C20H22N4O2/c1-13(2)20(26)22-16-6-7-18(21-9-16)23-10-14-8-15(12-23)17-4-3-5-19(25)24(17)11-14/h3-7,9,14-15H,1,8,10-12H2,2H3,(H,22,26)/t14-,15+/m0/s1. The summed E-state index contributed by atoms with van der Waals surface area (Å²) in [5, 5.41) is 2.77. The highest BCUT2D eigenvalue weighted by molar-refractivity contribution is 6.02. The number of fused-ring (bicyclic) bond motifs is 4. The summed E-state index contributed by atoms with van der Waals surface area (Å²) in [6.45, 7) is 7.82. The maximum Gasteiger partial charge on any atom is 0.250 e. The van der Waals surface area contributed by atoms with Crippen molar-refractivity contribution >= 4 is 17.4 Å². The molecule has 0 spiro atoms. The Hall–Kier alpha value is -2.89. The van der Waals surface area contributed by atoms with Crippen molar-refractivity contribution in [2.24, 2.45) is 5.92 Å². The van der Waals surface area contributed by atoms with E-state index in [1.54, 1.807) is 19.2 Å². The van der Waals surface area contributed by atoms with Crippen LogP contribution in [-0.2, 0) is 11.3 Å². The number of carbonyl (C=O) groups excluding carboxylic acids is 1. The third kappa shape index (κ3) is 3.03. The van der Waals surface area contributed by atoms with E-state index < -0.39 is 0 Å². The van der Waals surface area contributed by atoms with Crippen molar-refractivity contribution in [2.45, 2.75) is 25.8 Å². The summed E-state index contributed by atoms with van der Waals surface area (Å²) >= 11 is 0. The van der Waals surface area contributed by atoms with Crippen LogP contribution in [-0.4, -0.2) is 28.5 Å². The van der Waals surface area contributed by atoms with Crippen LogP contribution in [0.25, 0.3) is 0 Å². The molecule has 0 unspecified atom stereocenters. The number of pyridine rings is 2. The fourth-order valence-corrected chi connectivity index (χ4v) is 3.97. The lowest BCUT2D eigenvalue weighted by Gasteiger charge is -2.43. The van der Waals surface area contributed by atoms with Crippen LogP contribution in [0, 0.1) is 5.92 Å².